The van der Waals surface area contributed by atoms with Crippen molar-refractivity contribution in [3.63, 3.8) is 0 Å². The Hall–Kier alpha value is -1.77. The molecule has 1 aromatic carbocycles. The number of benzene rings is 1. The first-order chi connectivity index (χ1) is 7.69. The summed E-state index contributed by atoms with van der Waals surface area (Å²) in [7, 11) is 1.36. The Bertz CT molecular complexity index is 394. The molecular weight excluding hydrogens is 216 g/mol. The first-order valence-electron chi connectivity index (χ1n) is 5.12. The minimum Gasteiger partial charge on any atom is -0.489 e. The van der Waals surface area contributed by atoms with E-state index in [0.29, 0.717) is 17.9 Å². The summed E-state index contributed by atoms with van der Waals surface area (Å²) in [5, 5.41) is 0. The molecule has 0 saturated carbocycles. The minimum atomic E-state index is -0.376. The second-order valence-electron chi connectivity index (χ2n) is 3.37. The molecule has 0 amide bonds. The van der Waals surface area contributed by atoms with Crippen LogP contribution in [-0.4, -0.2) is 19.7 Å². The number of esters is 1. The highest BCUT2D eigenvalue weighted by Crippen LogP contribution is 2.20. The van der Waals surface area contributed by atoms with Crippen LogP contribution in [-0.2, 0) is 4.74 Å². The number of allylic oxidation sites excluding steroid dienone is 1. The molecule has 0 unspecified atom stereocenters. The molecule has 0 spiro atoms. The van der Waals surface area contributed by atoms with E-state index in [0.717, 1.165) is 5.56 Å². The van der Waals surface area contributed by atoms with Crippen molar-refractivity contribution in [1.29, 1.82) is 0 Å². The number of ether oxygens (including phenoxy) is 2. The van der Waals surface area contributed by atoms with E-state index in [1.807, 2.05) is 32.1 Å². The van der Waals surface area contributed by atoms with E-state index in [2.05, 4.69) is 0 Å². The fraction of sp³-hybridized carbons (Fsp3) is 0.357. The van der Waals surface area contributed by atoms with Gasteiger partial charge in [0.05, 0.1) is 7.11 Å². The number of methoxy groups -OCH3 is 1. The van der Waals surface area contributed by atoms with E-state index in [1.54, 1.807) is 12.1 Å². The van der Waals surface area contributed by atoms with Crippen molar-refractivity contribution < 1.29 is 14.3 Å². The molecule has 0 N–H and O–H groups in total. The Kier molecular flexibility index (Phi) is 6.71. The minimum absolute atomic E-state index is 0. The van der Waals surface area contributed by atoms with Gasteiger partial charge in [-0.1, -0.05) is 31.2 Å². The maximum absolute atomic E-state index is 11.5. The molecular formula is C14H20O3. The monoisotopic (exact) mass is 236 g/mol. The Morgan fingerprint density at radius 2 is 2.12 bits per heavy atom. The highest BCUT2D eigenvalue weighted by atomic mass is 16.5. The third-order valence-corrected chi connectivity index (χ3v) is 2.11. The molecule has 0 aliphatic rings. The van der Waals surface area contributed by atoms with E-state index in [4.69, 9.17) is 9.47 Å². The van der Waals surface area contributed by atoms with Crippen molar-refractivity contribution in [3.05, 3.63) is 41.5 Å². The predicted molar refractivity (Wildman–Crippen MR) is 69.6 cm³/mol. The lowest BCUT2D eigenvalue weighted by Gasteiger charge is -2.09. The normalized spacial score (nSPS) is 9.82. The number of aryl methyl sites for hydroxylation is 1. The van der Waals surface area contributed by atoms with Gasteiger partial charge in [0, 0.05) is 0 Å². The number of rotatable bonds is 4. The van der Waals surface area contributed by atoms with Crippen molar-refractivity contribution in [1.82, 2.24) is 0 Å². The fourth-order valence-electron chi connectivity index (χ4n) is 1.27. The number of hydrogen-bond donors (Lipinski definition) is 0. The topological polar surface area (TPSA) is 35.5 Å². The molecule has 0 atom stereocenters. The van der Waals surface area contributed by atoms with E-state index < -0.39 is 0 Å². The Balaban J connectivity index is 0.00000256. The average Bonchev–Trinajstić information content (AvgIpc) is 2.30. The second kappa shape index (κ2) is 7.49. The third-order valence-electron chi connectivity index (χ3n) is 2.11. The zero-order chi connectivity index (χ0) is 12.0. The van der Waals surface area contributed by atoms with Crippen LogP contribution >= 0.6 is 0 Å². The van der Waals surface area contributed by atoms with Gasteiger partial charge < -0.3 is 9.47 Å². The summed E-state index contributed by atoms with van der Waals surface area (Å²) in [6.45, 7) is 4.28. The summed E-state index contributed by atoms with van der Waals surface area (Å²) in [6, 6.07) is 5.44. The molecule has 3 heteroatoms. The van der Waals surface area contributed by atoms with Gasteiger partial charge in [-0.2, -0.15) is 0 Å². The van der Waals surface area contributed by atoms with Crippen molar-refractivity contribution in [2.24, 2.45) is 0 Å². The molecule has 0 bridgehead atoms. The van der Waals surface area contributed by atoms with Gasteiger partial charge >= 0.3 is 5.97 Å². The number of carbonyl (C=O) groups is 1. The smallest absolute Gasteiger partial charge is 0.341 e. The van der Waals surface area contributed by atoms with Gasteiger partial charge in [0.15, 0.2) is 0 Å². The third kappa shape index (κ3) is 4.31. The maximum atomic E-state index is 11.5. The summed E-state index contributed by atoms with van der Waals surface area (Å²) in [6.07, 6.45) is 3.77. The maximum Gasteiger partial charge on any atom is 0.341 e. The largest absolute Gasteiger partial charge is 0.489 e. The highest BCUT2D eigenvalue weighted by Gasteiger charge is 2.12. The van der Waals surface area contributed by atoms with Crippen LogP contribution in [0.25, 0.3) is 0 Å². The Labute approximate surface area is 103 Å². The Morgan fingerprint density at radius 3 is 2.71 bits per heavy atom. The van der Waals surface area contributed by atoms with Crippen LogP contribution < -0.4 is 4.74 Å². The quantitative estimate of drug-likeness (QED) is 0.594. The summed E-state index contributed by atoms with van der Waals surface area (Å²) < 4.78 is 10.2. The van der Waals surface area contributed by atoms with Gasteiger partial charge in [-0.25, -0.2) is 4.79 Å². The molecule has 0 aliphatic carbocycles. The number of carbonyl (C=O) groups excluding carboxylic acids is 1. The number of hydrogen-bond acceptors (Lipinski definition) is 3. The molecule has 94 valence electrons. The van der Waals surface area contributed by atoms with Crippen molar-refractivity contribution in [3.8, 4) is 5.75 Å². The summed E-state index contributed by atoms with van der Waals surface area (Å²) >= 11 is 0. The molecule has 17 heavy (non-hydrogen) atoms. The SMILES string of the molecule is C.C/C=C/COc1ccc(C)cc1C(=O)OC. The lowest BCUT2D eigenvalue weighted by atomic mass is 10.1. The lowest BCUT2D eigenvalue weighted by Crippen LogP contribution is -2.06. The van der Waals surface area contributed by atoms with E-state index in [-0.39, 0.29) is 13.4 Å². The first-order valence-corrected chi connectivity index (χ1v) is 5.12. The molecule has 3 nitrogen and oxygen atoms in total. The van der Waals surface area contributed by atoms with Crippen LogP contribution in [0.4, 0.5) is 0 Å². The van der Waals surface area contributed by atoms with Gasteiger partial charge in [0.25, 0.3) is 0 Å². The van der Waals surface area contributed by atoms with Crippen molar-refractivity contribution in [2.45, 2.75) is 21.3 Å². The highest BCUT2D eigenvalue weighted by molar-refractivity contribution is 5.92. The molecule has 0 aromatic heterocycles. The second-order valence-corrected chi connectivity index (χ2v) is 3.37. The standard InChI is InChI=1S/C13H16O3.CH4/c1-4-5-8-16-12-7-6-10(2)9-11(12)13(14)15-3;/h4-7,9H,8H2,1-3H3;1H4/b5-4+;. The molecule has 0 saturated heterocycles. The van der Waals surface area contributed by atoms with E-state index in [1.165, 1.54) is 7.11 Å². The average molecular weight is 236 g/mol. The molecule has 0 fully saturated rings. The molecule has 1 aromatic rings. The summed E-state index contributed by atoms with van der Waals surface area (Å²) in [5.74, 6) is 0.176. The van der Waals surface area contributed by atoms with Crippen LogP contribution in [0.1, 0.15) is 30.3 Å². The molecule has 0 aliphatic heterocycles. The summed E-state index contributed by atoms with van der Waals surface area (Å²) in [5.41, 5.74) is 1.46. The van der Waals surface area contributed by atoms with Crippen LogP contribution in [0.5, 0.6) is 5.75 Å². The first kappa shape index (κ1) is 15.2. The van der Waals surface area contributed by atoms with Crippen LogP contribution in [0.3, 0.4) is 0 Å². The van der Waals surface area contributed by atoms with Gasteiger partial charge in [0.2, 0.25) is 0 Å². The van der Waals surface area contributed by atoms with Gasteiger partial charge in [0.1, 0.15) is 17.9 Å². The molecule has 0 heterocycles. The Morgan fingerprint density at radius 1 is 1.41 bits per heavy atom. The van der Waals surface area contributed by atoms with Crippen molar-refractivity contribution in [2.75, 3.05) is 13.7 Å². The van der Waals surface area contributed by atoms with E-state index >= 15 is 0 Å². The zero-order valence-electron chi connectivity index (χ0n) is 9.82. The van der Waals surface area contributed by atoms with Crippen LogP contribution in [0.2, 0.25) is 0 Å². The molecule has 0 radical (unpaired) electrons. The van der Waals surface area contributed by atoms with E-state index in [9.17, 15) is 4.79 Å². The van der Waals surface area contributed by atoms with Gasteiger partial charge in [-0.15, -0.1) is 0 Å². The van der Waals surface area contributed by atoms with Crippen LogP contribution in [0.15, 0.2) is 30.4 Å². The van der Waals surface area contributed by atoms with Crippen LogP contribution in [0, 0.1) is 6.92 Å². The lowest BCUT2D eigenvalue weighted by molar-refractivity contribution is 0.0596. The fourth-order valence-corrected chi connectivity index (χ4v) is 1.27. The molecule has 1 rings (SSSR count). The predicted octanol–water partition coefficient (Wildman–Crippen LogP) is 3.37. The summed E-state index contributed by atoms with van der Waals surface area (Å²) in [4.78, 5) is 11.5. The van der Waals surface area contributed by atoms with Gasteiger partial charge in [-0.05, 0) is 26.0 Å². The van der Waals surface area contributed by atoms with Gasteiger partial charge in [-0.3, -0.25) is 0 Å². The van der Waals surface area contributed by atoms with Crippen molar-refractivity contribution >= 4 is 5.97 Å². The zero-order valence-corrected chi connectivity index (χ0v) is 9.82.